The molecule has 19 heavy (non-hydrogen) atoms. The first-order chi connectivity index (χ1) is 9.25. The molecule has 0 N–H and O–H groups in total. The fourth-order valence-corrected chi connectivity index (χ4v) is 1.97. The number of aromatic nitrogens is 5. The molecule has 0 unspecified atom stereocenters. The Kier molecular flexibility index (Phi) is 2.83. The SMILES string of the molecule is CN(C)c1ncnc2c1nnn2Cc1ccccc1. The highest BCUT2D eigenvalue weighted by atomic mass is 15.4. The first kappa shape index (κ1) is 11.6. The second kappa shape index (κ2) is 4.64. The molecule has 0 aliphatic heterocycles. The Balaban J connectivity index is 2.04. The van der Waals surface area contributed by atoms with Gasteiger partial charge in [0.15, 0.2) is 17.0 Å². The number of rotatable bonds is 3. The zero-order chi connectivity index (χ0) is 13.2. The van der Waals surface area contributed by atoms with Crippen molar-refractivity contribution >= 4 is 17.0 Å². The number of anilines is 1. The number of hydrogen-bond acceptors (Lipinski definition) is 5. The highest BCUT2D eigenvalue weighted by molar-refractivity contribution is 5.82. The monoisotopic (exact) mass is 254 g/mol. The van der Waals surface area contributed by atoms with Crippen LogP contribution in [0.4, 0.5) is 5.82 Å². The summed E-state index contributed by atoms with van der Waals surface area (Å²) in [7, 11) is 3.86. The summed E-state index contributed by atoms with van der Waals surface area (Å²) in [5.74, 6) is 0.782. The predicted molar refractivity (Wildman–Crippen MR) is 73.0 cm³/mol. The van der Waals surface area contributed by atoms with Crippen molar-refractivity contribution in [1.82, 2.24) is 25.0 Å². The molecule has 3 aromatic rings. The molecule has 0 aliphatic carbocycles. The first-order valence-corrected chi connectivity index (χ1v) is 6.01. The van der Waals surface area contributed by atoms with Crippen LogP contribution >= 0.6 is 0 Å². The molecule has 0 saturated carbocycles. The molecule has 3 rings (SSSR count). The van der Waals surface area contributed by atoms with Gasteiger partial charge >= 0.3 is 0 Å². The Morgan fingerprint density at radius 2 is 1.89 bits per heavy atom. The van der Waals surface area contributed by atoms with Gasteiger partial charge < -0.3 is 4.90 Å². The van der Waals surface area contributed by atoms with E-state index in [4.69, 9.17) is 0 Å². The van der Waals surface area contributed by atoms with Gasteiger partial charge in [-0.3, -0.25) is 0 Å². The Labute approximate surface area is 110 Å². The molecule has 0 radical (unpaired) electrons. The largest absolute Gasteiger partial charge is 0.361 e. The van der Waals surface area contributed by atoms with Crippen molar-refractivity contribution in [2.75, 3.05) is 19.0 Å². The molecule has 0 spiro atoms. The predicted octanol–water partition coefficient (Wildman–Crippen LogP) is 1.34. The van der Waals surface area contributed by atoms with Crippen molar-refractivity contribution < 1.29 is 0 Å². The third kappa shape index (κ3) is 2.12. The zero-order valence-electron chi connectivity index (χ0n) is 10.9. The van der Waals surface area contributed by atoms with Gasteiger partial charge in [0.05, 0.1) is 6.54 Å². The Morgan fingerprint density at radius 1 is 1.11 bits per heavy atom. The van der Waals surface area contributed by atoms with Gasteiger partial charge in [-0.25, -0.2) is 14.6 Å². The fourth-order valence-electron chi connectivity index (χ4n) is 1.97. The average Bonchev–Trinajstić information content (AvgIpc) is 2.83. The first-order valence-electron chi connectivity index (χ1n) is 6.01. The average molecular weight is 254 g/mol. The molecule has 0 aliphatic rings. The van der Waals surface area contributed by atoms with Gasteiger partial charge in [0.1, 0.15) is 6.33 Å². The molecule has 0 saturated heterocycles. The van der Waals surface area contributed by atoms with Gasteiger partial charge in [-0.1, -0.05) is 35.5 Å². The van der Waals surface area contributed by atoms with Gasteiger partial charge in [0.2, 0.25) is 0 Å². The molecule has 0 amide bonds. The molecule has 0 atom stereocenters. The van der Waals surface area contributed by atoms with Crippen LogP contribution in [0.5, 0.6) is 0 Å². The Hall–Kier alpha value is -2.50. The maximum Gasteiger partial charge on any atom is 0.184 e. The van der Waals surface area contributed by atoms with E-state index < -0.39 is 0 Å². The summed E-state index contributed by atoms with van der Waals surface area (Å²) in [5, 5.41) is 8.35. The molecule has 2 aromatic heterocycles. The lowest BCUT2D eigenvalue weighted by Crippen LogP contribution is -2.11. The lowest BCUT2D eigenvalue weighted by Gasteiger charge is -2.10. The smallest absolute Gasteiger partial charge is 0.184 e. The lowest BCUT2D eigenvalue weighted by atomic mass is 10.2. The van der Waals surface area contributed by atoms with E-state index in [9.17, 15) is 0 Å². The fraction of sp³-hybridized carbons (Fsp3) is 0.231. The van der Waals surface area contributed by atoms with Crippen molar-refractivity contribution in [1.29, 1.82) is 0 Å². The molecule has 6 heteroatoms. The van der Waals surface area contributed by atoms with E-state index in [1.807, 2.05) is 37.2 Å². The van der Waals surface area contributed by atoms with Gasteiger partial charge in [0.25, 0.3) is 0 Å². The number of hydrogen-bond donors (Lipinski definition) is 0. The standard InChI is InChI=1S/C13H14N6/c1-18(2)12-11-13(15-9-14-12)19(17-16-11)8-10-6-4-3-5-7-10/h3-7,9H,8H2,1-2H3. The summed E-state index contributed by atoms with van der Waals surface area (Å²) in [4.78, 5) is 10.4. The summed E-state index contributed by atoms with van der Waals surface area (Å²) < 4.78 is 1.79. The van der Waals surface area contributed by atoms with Crippen LogP contribution in [0.3, 0.4) is 0 Å². The molecule has 0 fully saturated rings. The minimum atomic E-state index is 0.654. The minimum absolute atomic E-state index is 0.654. The summed E-state index contributed by atoms with van der Waals surface area (Å²) in [5.41, 5.74) is 2.64. The topological polar surface area (TPSA) is 59.7 Å². The van der Waals surface area contributed by atoms with Crippen molar-refractivity contribution in [2.45, 2.75) is 6.54 Å². The van der Waals surface area contributed by atoms with E-state index in [1.165, 1.54) is 5.56 Å². The quantitative estimate of drug-likeness (QED) is 0.705. The van der Waals surface area contributed by atoms with E-state index in [1.54, 1.807) is 11.0 Å². The maximum atomic E-state index is 4.28. The molecule has 0 bridgehead atoms. The second-order valence-electron chi connectivity index (χ2n) is 4.50. The molecular weight excluding hydrogens is 240 g/mol. The summed E-state index contributed by atoms with van der Waals surface area (Å²) >= 11 is 0. The van der Waals surface area contributed by atoms with Crippen LogP contribution in [-0.2, 0) is 6.54 Å². The normalized spacial score (nSPS) is 10.8. The summed E-state index contributed by atoms with van der Waals surface area (Å²) in [6.07, 6.45) is 1.54. The van der Waals surface area contributed by atoms with Crippen LogP contribution in [0.15, 0.2) is 36.7 Å². The van der Waals surface area contributed by atoms with Crippen LogP contribution in [0.1, 0.15) is 5.56 Å². The van der Waals surface area contributed by atoms with Crippen LogP contribution < -0.4 is 4.90 Å². The van der Waals surface area contributed by atoms with E-state index in [2.05, 4.69) is 32.4 Å². The van der Waals surface area contributed by atoms with E-state index in [-0.39, 0.29) is 0 Å². The number of benzene rings is 1. The third-order valence-corrected chi connectivity index (χ3v) is 2.88. The Bertz CT molecular complexity index is 689. The number of fused-ring (bicyclic) bond motifs is 1. The van der Waals surface area contributed by atoms with Crippen LogP contribution in [0, 0.1) is 0 Å². The van der Waals surface area contributed by atoms with Crippen LogP contribution in [0.25, 0.3) is 11.2 Å². The third-order valence-electron chi connectivity index (χ3n) is 2.88. The molecule has 6 nitrogen and oxygen atoms in total. The zero-order valence-corrected chi connectivity index (χ0v) is 10.9. The molecule has 2 heterocycles. The van der Waals surface area contributed by atoms with Gasteiger partial charge in [-0.15, -0.1) is 5.10 Å². The molecule has 96 valence electrons. The van der Waals surface area contributed by atoms with Gasteiger partial charge in [0, 0.05) is 14.1 Å². The van der Waals surface area contributed by atoms with Crippen molar-refractivity contribution in [3.63, 3.8) is 0 Å². The lowest BCUT2D eigenvalue weighted by molar-refractivity contribution is 0.664. The maximum absolute atomic E-state index is 4.28. The number of nitrogens with zero attached hydrogens (tertiary/aromatic N) is 6. The second-order valence-corrected chi connectivity index (χ2v) is 4.50. The molecule has 1 aromatic carbocycles. The van der Waals surface area contributed by atoms with Gasteiger partial charge in [-0.05, 0) is 5.56 Å². The van der Waals surface area contributed by atoms with E-state index in [0.717, 1.165) is 17.0 Å². The minimum Gasteiger partial charge on any atom is -0.361 e. The molecular formula is C13H14N6. The van der Waals surface area contributed by atoms with Crippen LogP contribution in [-0.4, -0.2) is 39.1 Å². The highest BCUT2D eigenvalue weighted by Gasteiger charge is 2.12. The van der Waals surface area contributed by atoms with E-state index in [0.29, 0.717) is 6.54 Å². The summed E-state index contributed by atoms with van der Waals surface area (Å²) in [6.45, 7) is 0.654. The van der Waals surface area contributed by atoms with E-state index >= 15 is 0 Å². The van der Waals surface area contributed by atoms with Crippen molar-refractivity contribution in [3.05, 3.63) is 42.2 Å². The van der Waals surface area contributed by atoms with Crippen molar-refractivity contribution in [3.8, 4) is 0 Å². The van der Waals surface area contributed by atoms with Crippen LogP contribution in [0.2, 0.25) is 0 Å². The van der Waals surface area contributed by atoms with Gasteiger partial charge in [-0.2, -0.15) is 0 Å². The Morgan fingerprint density at radius 3 is 2.63 bits per heavy atom. The summed E-state index contributed by atoms with van der Waals surface area (Å²) in [6, 6.07) is 10.1. The highest BCUT2D eigenvalue weighted by Crippen LogP contribution is 2.18. The van der Waals surface area contributed by atoms with Crippen molar-refractivity contribution in [2.24, 2.45) is 0 Å².